The first kappa shape index (κ1) is 9.44. The van der Waals surface area contributed by atoms with E-state index in [0.717, 1.165) is 18.2 Å². The fourth-order valence-electron chi connectivity index (χ4n) is 0.743. The molecule has 5 heteroatoms. The predicted octanol–water partition coefficient (Wildman–Crippen LogP) is 1.28. The summed E-state index contributed by atoms with van der Waals surface area (Å²) >= 11 is 0. The minimum absolute atomic E-state index is 0.241. The molecule has 0 aliphatic carbocycles. The first-order chi connectivity index (χ1) is 6.09. The topological polar surface area (TPSA) is 59.1 Å². The van der Waals surface area contributed by atoms with Crippen LogP contribution >= 0.6 is 0 Å². The lowest BCUT2D eigenvalue weighted by molar-refractivity contribution is 0.349. The second-order valence-corrected chi connectivity index (χ2v) is 2.39. The Kier molecular flexibility index (Phi) is 2.79. The van der Waals surface area contributed by atoms with Crippen LogP contribution in [-0.2, 0) is 0 Å². The molecule has 0 aromatic heterocycles. The highest BCUT2D eigenvalue weighted by Gasteiger charge is 2.04. The van der Waals surface area contributed by atoms with Crippen LogP contribution in [0.1, 0.15) is 0 Å². The van der Waals surface area contributed by atoms with Crippen molar-refractivity contribution in [1.29, 1.82) is 5.41 Å². The molecule has 3 nitrogen and oxygen atoms in total. The van der Waals surface area contributed by atoms with Crippen LogP contribution in [0.25, 0.3) is 0 Å². The third kappa shape index (κ3) is 2.70. The molecule has 1 aromatic rings. The Hall–Kier alpha value is -1.65. The van der Waals surface area contributed by atoms with Gasteiger partial charge in [0, 0.05) is 6.07 Å². The molecule has 13 heavy (non-hydrogen) atoms. The minimum Gasteiger partial charge on any atom is -0.483 e. The molecule has 0 atom stereocenters. The van der Waals surface area contributed by atoms with Crippen molar-refractivity contribution in [3.63, 3.8) is 0 Å². The average Bonchev–Trinajstić information content (AvgIpc) is 2.06. The van der Waals surface area contributed by atoms with Crippen LogP contribution in [0.5, 0.6) is 5.75 Å². The molecule has 0 spiro atoms. The molecule has 0 radical (unpaired) electrons. The maximum atomic E-state index is 12.8. The Balaban J connectivity index is 2.75. The lowest BCUT2D eigenvalue weighted by Gasteiger charge is -2.05. The lowest BCUT2D eigenvalue weighted by atomic mass is 10.3. The van der Waals surface area contributed by atoms with Crippen LogP contribution in [-0.4, -0.2) is 12.4 Å². The van der Waals surface area contributed by atoms with Crippen LogP contribution in [0, 0.1) is 17.0 Å². The molecule has 1 aromatic carbocycles. The summed E-state index contributed by atoms with van der Waals surface area (Å²) in [6.07, 6.45) is 0. The van der Waals surface area contributed by atoms with Gasteiger partial charge in [-0.05, 0) is 12.1 Å². The summed E-state index contributed by atoms with van der Waals surface area (Å²) in [7, 11) is 0. The lowest BCUT2D eigenvalue weighted by Crippen LogP contribution is -2.19. The molecule has 1 rings (SSSR count). The number of benzene rings is 1. The van der Waals surface area contributed by atoms with Gasteiger partial charge in [-0.2, -0.15) is 0 Å². The fourth-order valence-corrected chi connectivity index (χ4v) is 0.743. The van der Waals surface area contributed by atoms with E-state index in [0.29, 0.717) is 0 Å². The van der Waals surface area contributed by atoms with Gasteiger partial charge in [0.1, 0.15) is 18.3 Å². The maximum Gasteiger partial charge on any atom is 0.165 e. The van der Waals surface area contributed by atoms with Crippen molar-refractivity contribution >= 4 is 5.84 Å². The van der Waals surface area contributed by atoms with Crippen molar-refractivity contribution in [1.82, 2.24) is 0 Å². The monoisotopic (exact) mass is 186 g/mol. The van der Waals surface area contributed by atoms with Gasteiger partial charge in [-0.15, -0.1) is 0 Å². The maximum absolute atomic E-state index is 12.8. The zero-order chi connectivity index (χ0) is 9.84. The summed E-state index contributed by atoms with van der Waals surface area (Å²) < 4.78 is 30.1. The van der Waals surface area contributed by atoms with Crippen LogP contribution in [0.15, 0.2) is 18.2 Å². The van der Waals surface area contributed by atoms with Crippen molar-refractivity contribution in [2.24, 2.45) is 5.73 Å². The average molecular weight is 186 g/mol. The molecule has 0 fully saturated rings. The molecule has 0 aliphatic heterocycles. The van der Waals surface area contributed by atoms with E-state index >= 15 is 0 Å². The number of nitrogens with one attached hydrogen (secondary N) is 1. The van der Waals surface area contributed by atoms with Gasteiger partial charge >= 0.3 is 0 Å². The molecule has 3 N–H and O–H groups in total. The normalized spacial score (nSPS) is 9.69. The highest BCUT2D eigenvalue weighted by Crippen LogP contribution is 2.17. The Labute approximate surface area is 73.6 Å². The number of rotatable bonds is 3. The summed E-state index contributed by atoms with van der Waals surface area (Å²) in [6.45, 7) is -0.250. The molecule has 0 saturated carbocycles. The fraction of sp³-hybridized carbons (Fsp3) is 0.125. The number of amidine groups is 1. The number of nitrogens with two attached hydrogens (primary N) is 1. The quantitative estimate of drug-likeness (QED) is 0.551. The SMILES string of the molecule is N=C(N)COc1cc(F)ccc1F. The number of halogens is 2. The van der Waals surface area contributed by atoms with E-state index in [9.17, 15) is 8.78 Å². The molecule has 0 bridgehead atoms. The molecule has 0 unspecified atom stereocenters. The first-order valence-corrected chi connectivity index (χ1v) is 3.50. The standard InChI is InChI=1S/C8H8F2N2O/c9-5-1-2-6(10)7(3-5)13-4-8(11)12/h1-3H,4H2,(H3,11,12). The van der Waals surface area contributed by atoms with E-state index in [4.69, 9.17) is 15.9 Å². The highest BCUT2D eigenvalue weighted by molar-refractivity contribution is 5.78. The van der Waals surface area contributed by atoms with Gasteiger partial charge in [0.05, 0.1) is 0 Å². The summed E-state index contributed by atoms with van der Waals surface area (Å²) in [6, 6.07) is 2.83. The molecule has 0 amide bonds. The van der Waals surface area contributed by atoms with Crippen LogP contribution in [0.3, 0.4) is 0 Å². The minimum atomic E-state index is -0.678. The smallest absolute Gasteiger partial charge is 0.165 e. The highest BCUT2D eigenvalue weighted by atomic mass is 19.1. The zero-order valence-corrected chi connectivity index (χ0v) is 6.68. The van der Waals surface area contributed by atoms with Crippen LogP contribution in [0.2, 0.25) is 0 Å². The van der Waals surface area contributed by atoms with Gasteiger partial charge in [-0.1, -0.05) is 0 Å². The second-order valence-electron chi connectivity index (χ2n) is 2.39. The van der Waals surface area contributed by atoms with Gasteiger partial charge in [0.25, 0.3) is 0 Å². The van der Waals surface area contributed by atoms with E-state index in [-0.39, 0.29) is 18.2 Å². The van der Waals surface area contributed by atoms with E-state index in [1.54, 1.807) is 0 Å². The Bertz CT molecular complexity index is 328. The predicted molar refractivity (Wildman–Crippen MR) is 43.8 cm³/mol. The number of hydrogen-bond acceptors (Lipinski definition) is 2. The van der Waals surface area contributed by atoms with E-state index in [2.05, 4.69) is 0 Å². The van der Waals surface area contributed by atoms with Crippen molar-refractivity contribution in [2.45, 2.75) is 0 Å². The van der Waals surface area contributed by atoms with Gasteiger partial charge in [-0.3, -0.25) is 5.41 Å². The van der Waals surface area contributed by atoms with Crippen molar-refractivity contribution in [3.8, 4) is 5.75 Å². The number of hydrogen-bond donors (Lipinski definition) is 2. The first-order valence-electron chi connectivity index (χ1n) is 3.50. The Morgan fingerprint density at radius 2 is 2.15 bits per heavy atom. The van der Waals surface area contributed by atoms with Crippen LogP contribution in [0.4, 0.5) is 8.78 Å². The van der Waals surface area contributed by atoms with Crippen molar-refractivity contribution in [3.05, 3.63) is 29.8 Å². The molecule has 70 valence electrons. The van der Waals surface area contributed by atoms with E-state index in [1.165, 1.54) is 0 Å². The van der Waals surface area contributed by atoms with Gasteiger partial charge in [0.2, 0.25) is 0 Å². The molecule has 0 saturated heterocycles. The third-order valence-corrected chi connectivity index (χ3v) is 1.28. The van der Waals surface area contributed by atoms with E-state index in [1.807, 2.05) is 0 Å². The second kappa shape index (κ2) is 3.84. The molecule has 0 aliphatic rings. The number of ether oxygens (including phenoxy) is 1. The summed E-state index contributed by atoms with van der Waals surface area (Å²) in [5.74, 6) is -1.76. The van der Waals surface area contributed by atoms with Gasteiger partial charge < -0.3 is 10.5 Å². The summed E-state index contributed by atoms with van der Waals surface area (Å²) in [5.41, 5.74) is 4.97. The Morgan fingerprint density at radius 1 is 1.46 bits per heavy atom. The largest absolute Gasteiger partial charge is 0.483 e. The molecular weight excluding hydrogens is 178 g/mol. The molecule has 0 heterocycles. The third-order valence-electron chi connectivity index (χ3n) is 1.28. The Morgan fingerprint density at radius 3 is 2.77 bits per heavy atom. The zero-order valence-electron chi connectivity index (χ0n) is 6.68. The summed E-state index contributed by atoms with van der Waals surface area (Å²) in [5, 5.41) is 6.80. The van der Waals surface area contributed by atoms with Crippen molar-refractivity contribution < 1.29 is 13.5 Å². The van der Waals surface area contributed by atoms with Crippen molar-refractivity contribution in [2.75, 3.05) is 6.61 Å². The van der Waals surface area contributed by atoms with Crippen LogP contribution < -0.4 is 10.5 Å². The summed E-state index contributed by atoms with van der Waals surface area (Å²) in [4.78, 5) is 0. The van der Waals surface area contributed by atoms with Gasteiger partial charge in [-0.25, -0.2) is 8.78 Å². The molecular formula is C8H8F2N2O. The van der Waals surface area contributed by atoms with Gasteiger partial charge in [0.15, 0.2) is 11.6 Å². The van der Waals surface area contributed by atoms with E-state index < -0.39 is 11.6 Å².